The van der Waals surface area contributed by atoms with E-state index in [1.807, 2.05) is 6.92 Å². The summed E-state index contributed by atoms with van der Waals surface area (Å²) < 4.78 is 0. The summed E-state index contributed by atoms with van der Waals surface area (Å²) in [6.45, 7) is 2.03. The first-order valence-electron chi connectivity index (χ1n) is 3.69. The normalized spacial score (nSPS) is 48.3. The van der Waals surface area contributed by atoms with E-state index in [4.69, 9.17) is 10.4 Å². The SMILES string of the molecule is CC12CCC1C(=N\O)/C2=N/O. The lowest BCUT2D eigenvalue weighted by molar-refractivity contribution is 0.153. The van der Waals surface area contributed by atoms with Crippen molar-refractivity contribution in [2.45, 2.75) is 19.8 Å². The summed E-state index contributed by atoms with van der Waals surface area (Å²) in [7, 11) is 0. The Balaban J connectivity index is 2.33. The van der Waals surface area contributed by atoms with Gasteiger partial charge in [-0.25, -0.2) is 0 Å². The second-order valence-electron chi connectivity index (χ2n) is 3.44. The van der Waals surface area contributed by atoms with Crippen LogP contribution < -0.4 is 0 Å². The molecule has 2 fully saturated rings. The third-order valence-corrected chi connectivity index (χ3v) is 3.04. The standard InChI is InChI=1S/C7H10N2O2/c1-7-3-2-4(7)5(8-10)6(7)9-11/h4,10-11H,2-3H2,1H3/b8-5+,9-6-. The summed E-state index contributed by atoms with van der Waals surface area (Å²) in [5.41, 5.74) is 1.15. The molecule has 4 heteroatoms. The molecule has 2 atom stereocenters. The van der Waals surface area contributed by atoms with Crippen LogP contribution >= 0.6 is 0 Å². The van der Waals surface area contributed by atoms with Crippen molar-refractivity contribution in [1.82, 2.24) is 0 Å². The van der Waals surface area contributed by atoms with Gasteiger partial charge in [0, 0.05) is 11.3 Å². The zero-order valence-corrected chi connectivity index (χ0v) is 6.28. The Morgan fingerprint density at radius 2 is 2.18 bits per heavy atom. The van der Waals surface area contributed by atoms with E-state index in [-0.39, 0.29) is 5.41 Å². The van der Waals surface area contributed by atoms with Crippen LogP contribution in [-0.4, -0.2) is 21.8 Å². The van der Waals surface area contributed by atoms with Crippen molar-refractivity contribution in [2.24, 2.45) is 21.6 Å². The summed E-state index contributed by atoms with van der Waals surface area (Å²) in [5.74, 6) is 0.332. The van der Waals surface area contributed by atoms with Gasteiger partial charge in [0.05, 0.1) is 0 Å². The van der Waals surface area contributed by atoms with E-state index in [0.29, 0.717) is 17.3 Å². The Labute approximate surface area is 64.2 Å². The highest BCUT2D eigenvalue weighted by Crippen LogP contribution is 2.56. The Morgan fingerprint density at radius 3 is 2.45 bits per heavy atom. The average molecular weight is 154 g/mol. The third kappa shape index (κ3) is 0.514. The number of oxime groups is 2. The van der Waals surface area contributed by atoms with Crippen molar-refractivity contribution in [2.75, 3.05) is 0 Å². The molecular formula is C7H10N2O2. The van der Waals surface area contributed by atoms with E-state index >= 15 is 0 Å². The molecule has 0 heterocycles. The maximum atomic E-state index is 8.57. The van der Waals surface area contributed by atoms with E-state index in [1.54, 1.807) is 0 Å². The van der Waals surface area contributed by atoms with E-state index in [2.05, 4.69) is 10.3 Å². The Kier molecular flexibility index (Phi) is 1.06. The molecule has 0 radical (unpaired) electrons. The van der Waals surface area contributed by atoms with Crippen LogP contribution in [0, 0.1) is 11.3 Å². The van der Waals surface area contributed by atoms with Gasteiger partial charge in [0.1, 0.15) is 11.4 Å². The largest absolute Gasteiger partial charge is 0.411 e. The summed E-state index contributed by atoms with van der Waals surface area (Å²) >= 11 is 0. The molecule has 0 aromatic heterocycles. The van der Waals surface area contributed by atoms with Crippen molar-refractivity contribution in [3.63, 3.8) is 0 Å². The predicted octanol–water partition coefficient (Wildman–Crippen LogP) is 1.08. The molecule has 2 saturated carbocycles. The van der Waals surface area contributed by atoms with Crippen LogP contribution in [0.4, 0.5) is 0 Å². The van der Waals surface area contributed by atoms with Crippen molar-refractivity contribution in [3.8, 4) is 0 Å². The Hall–Kier alpha value is -1.06. The first-order chi connectivity index (χ1) is 5.24. The zero-order valence-electron chi connectivity index (χ0n) is 6.28. The fraction of sp³-hybridized carbons (Fsp3) is 0.714. The number of fused-ring (bicyclic) bond motifs is 1. The highest BCUT2D eigenvalue weighted by atomic mass is 16.4. The summed E-state index contributed by atoms with van der Waals surface area (Å²) in [6, 6.07) is 0. The monoisotopic (exact) mass is 154 g/mol. The van der Waals surface area contributed by atoms with Crippen LogP contribution in [0.1, 0.15) is 19.8 Å². The maximum Gasteiger partial charge on any atom is 0.111 e. The second kappa shape index (κ2) is 1.75. The van der Waals surface area contributed by atoms with Gasteiger partial charge in [0.2, 0.25) is 0 Å². The van der Waals surface area contributed by atoms with Gasteiger partial charge in [-0.1, -0.05) is 17.2 Å². The Bertz CT molecular complexity index is 259. The number of hydrogen-bond acceptors (Lipinski definition) is 4. The smallest absolute Gasteiger partial charge is 0.111 e. The molecule has 2 aliphatic rings. The van der Waals surface area contributed by atoms with Gasteiger partial charge in [-0.05, 0) is 12.8 Å². The molecule has 0 aromatic carbocycles. The first-order valence-corrected chi connectivity index (χ1v) is 3.69. The van der Waals surface area contributed by atoms with E-state index in [1.165, 1.54) is 0 Å². The van der Waals surface area contributed by atoms with Gasteiger partial charge < -0.3 is 10.4 Å². The molecule has 0 amide bonds. The topological polar surface area (TPSA) is 65.2 Å². The number of nitrogens with zero attached hydrogens (tertiary/aromatic N) is 2. The molecular weight excluding hydrogens is 144 g/mol. The van der Waals surface area contributed by atoms with Crippen molar-refractivity contribution in [1.29, 1.82) is 0 Å². The minimum atomic E-state index is 0.0102. The highest BCUT2D eigenvalue weighted by molar-refractivity contribution is 6.52. The number of hydrogen-bond donors (Lipinski definition) is 2. The average Bonchev–Trinajstić information content (AvgIpc) is 2.01. The molecule has 4 nitrogen and oxygen atoms in total. The molecule has 2 N–H and O–H groups in total. The lowest BCUT2D eigenvalue weighted by Gasteiger charge is -2.56. The lowest BCUT2D eigenvalue weighted by atomic mass is 9.46. The van der Waals surface area contributed by atoms with Crippen LogP contribution in [0.3, 0.4) is 0 Å². The van der Waals surface area contributed by atoms with Gasteiger partial charge in [-0.2, -0.15) is 0 Å². The highest BCUT2D eigenvalue weighted by Gasteiger charge is 2.61. The molecule has 0 bridgehead atoms. The fourth-order valence-corrected chi connectivity index (χ4v) is 2.11. The summed E-state index contributed by atoms with van der Waals surface area (Å²) in [4.78, 5) is 0. The van der Waals surface area contributed by atoms with Crippen LogP contribution in [0.15, 0.2) is 10.3 Å². The molecule has 60 valence electrons. The van der Waals surface area contributed by atoms with E-state index in [0.717, 1.165) is 12.8 Å². The third-order valence-electron chi connectivity index (χ3n) is 3.04. The predicted molar refractivity (Wildman–Crippen MR) is 39.3 cm³/mol. The first kappa shape index (κ1) is 6.64. The Morgan fingerprint density at radius 1 is 1.45 bits per heavy atom. The van der Waals surface area contributed by atoms with Crippen molar-refractivity contribution in [3.05, 3.63) is 0 Å². The van der Waals surface area contributed by atoms with Gasteiger partial charge in [-0.15, -0.1) is 0 Å². The van der Waals surface area contributed by atoms with Crippen LogP contribution in [-0.2, 0) is 0 Å². The second-order valence-corrected chi connectivity index (χ2v) is 3.44. The van der Waals surface area contributed by atoms with Crippen molar-refractivity contribution >= 4 is 11.4 Å². The molecule has 0 saturated heterocycles. The van der Waals surface area contributed by atoms with E-state index in [9.17, 15) is 0 Å². The molecule has 0 spiro atoms. The summed E-state index contributed by atoms with van der Waals surface area (Å²) in [6.07, 6.45) is 2.09. The van der Waals surface area contributed by atoms with Crippen LogP contribution in [0.25, 0.3) is 0 Å². The zero-order chi connectivity index (χ0) is 8.06. The molecule has 11 heavy (non-hydrogen) atoms. The molecule has 0 aromatic rings. The van der Waals surface area contributed by atoms with Gasteiger partial charge in [-0.3, -0.25) is 0 Å². The maximum absolute atomic E-state index is 8.57. The molecule has 0 aliphatic heterocycles. The minimum absolute atomic E-state index is 0.0102. The quantitative estimate of drug-likeness (QED) is 0.405. The lowest BCUT2D eigenvalue weighted by Crippen LogP contribution is -2.63. The molecule has 2 rings (SSSR count). The molecule has 2 aliphatic carbocycles. The van der Waals surface area contributed by atoms with Crippen LogP contribution in [0.2, 0.25) is 0 Å². The number of rotatable bonds is 0. The van der Waals surface area contributed by atoms with Gasteiger partial charge in [0.25, 0.3) is 0 Å². The van der Waals surface area contributed by atoms with E-state index < -0.39 is 0 Å². The van der Waals surface area contributed by atoms with Gasteiger partial charge in [0.15, 0.2) is 0 Å². The fourth-order valence-electron chi connectivity index (χ4n) is 2.11. The molecule has 2 unspecified atom stereocenters. The summed E-state index contributed by atoms with van der Waals surface area (Å²) in [5, 5.41) is 23.3. The minimum Gasteiger partial charge on any atom is -0.411 e. The van der Waals surface area contributed by atoms with Gasteiger partial charge >= 0.3 is 0 Å². The van der Waals surface area contributed by atoms with Crippen LogP contribution in [0.5, 0.6) is 0 Å². The van der Waals surface area contributed by atoms with Crippen molar-refractivity contribution < 1.29 is 10.4 Å².